The van der Waals surface area contributed by atoms with Gasteiger partial charge in [-0.25, -0.2) is 5.48 Å². The van der Waals surface area contributed by atoms with E-state index < -0.39 is 29.4 Å². The van der Waals surface area contributed by atoms with Crippen molar-refractivity contribution < 1.29 is 24.7 Å². The summed E-state index contributed by atoms with van der Waals surface area (Å²) in [6.07, 6.45) is -0.763. The number of amides is 3. The number of likely N-dealkylation sites (N-methyl/N-ethyl adjacent to an activating group) is 1. The largest absolute Gasteiger partial charge is 0.381 e. The van der Waals surface area contributed by atoms with Crippen LogP contribution in [0.2, 0.25) is 0 Å². The van der Waals surface area contributed by atoms with Crippen LogP contribution >= 0.6 is 0 Å². The van der Waals surface area contributed by atoms with E-state index in [2.05, 4.69) is 34.3 Å². The summed E-state index contributed by atoms with van der Waals surface area (Å²) >= 11 is 0. The Morgan fingerprint density at radius 3 is 2.23 bits per heavy atom. The molecule has 0 aliphatic carbocycles. The minimum absolute atomic E-state index is 0.187. The van der Waals surface area contributed by atoms with E-state index in [9.17, 15) is 14.4 Å². The lowest BCUT2D eigenvalue weighted by molar-refractivity contribution is -0.143. The van der Waals surface area contributed by atoms with Crippen molar-refractivity contribution in [2.75, 3.05) is 7.05 Å². The van der Waals surface area contributed by atoms with E-state index in [0.717, 1.165) is 6.92 Å². The molecule has 0 bridgehead atoms. The van der Waals surface area contributed by atoms with Gasteiger partial charge < -0.3 is 15.7 Å². The molecule has 26 heavy (non-hydrogen) atoms. The molecule has 0 aliphatic heterocycles. The van der Waals surface area contributed by atoms with Crippen molar-refractivity contribution in [1.82, 2.24) is 16.1 Å². The quantitative estimate of drug-likeness (QED) is 0.208. The van der Waals surface area contributed by atoms with Crippen LogP contribution in [-0.2, 0) is 9.59 Å². The van der Waals surface area contributed by atoms with Crippen LogP contribution in [0.4, 0.5) is 0 Å². The molecule has 0 saturated carbocycles. The molecular weight excluding hydrogens is 338 g/mol. The lowest BCUT2D eigenvalue weighted by atomic mass is 9.99. The molecule has 2 atom stereocenters. The van der Waals surface area contributed by atoms with Gasteiger partial charge in [0, 0.05) is 18.2 Å². The number of hydrogen-bond acceptors (Lipinski definition) is 5. The summed E-state index contributed by atoms with van der Waals surface area (Å²) in [6, 6.07) is 6.05. The highest BCUT2D eigenvalue weighted by molar-refractivity contribution is 6.12. The summed E-state index contributed by atoms with van der Waals surface area (Å²) < 4.78 is 0. The Morgan fingerprint density at radius 2 is 1.73 bits per heavy atom. The van der Waals surface area contributed by atoms with E-state index in [0.29, 0.717) is 5.56 Å². The number of rotatable bonds is 4. The second-order valence-corrected chi connectivity index (χ2v) is 5.37. The third-order valence-electron chi connectivity index (χ3n) is 3.30. The van der Waals surface area contributed by atoms with Gasteiger partial charge in [0.25, 0.3) is 17.7 Å². The van der Waals surface area contributed by atoms with Gasteiger partial charge in [-0.15, -0.1) is 0 Å². The predicted molar refractivity (Wildman–Crippen MR) is 92.6 cm³/mol. The standard InChI is InChI=1S/C18H19N3O5/c1-12(22)6-4-5-7-13-8-10-14(11-9-13)15(23)20-18(2,16(24)19-3)17(25)21-26/h8-12,22,26H,1-3H3,(H,19,24)(H,20,23)(H,21,25). The summed E-state index contributed by atoms with van der Waals surface area (Å²) in [4.78, 5) is 36.0. The lowest BCUT2D eigenvalue weighted by Gasteiger charge is -2.26. The van der Waals surface area contributed by atoms with E-state index >= 15 is 0 Å². The van der Waals surface area contributed by atoms with Gasteiger partial charge in [0.15, 0.2) is 5.54 Å². The summed E-state index contributed by atoms with van der Waals surface area (Å²) in [6.45, 7) is 2.68. The molecule has 0 heterocycles. The van der Waals surface area contributed by atoms with E-state index in [-0.39, 0.29) is 5.56 Å². The minimum Gasteiger partial charge on any atom is -0.381 e. The van der Waals surface area contributed by atoms with Crippen molar-refractivity contribution in [3.8, 4) is 23.7 Å². The van der Waals surface area contributed by atoms with Gasteiger partial charge in [0.1, 0.15) is 6.10 Å². The molecule has 0 aromatic heterocycles. The summed E-state index contributed by atoms with van der Waals surface area (Å²) in [5.74, 6) is 7.70. The highest BCUT2D eigenvalue weighted by Gasteiger charge is 2.42. The van der Waals surface area contributed by atoms with Gasteiger partial charge >= 0.3 is 0 Å². The zero-order valence-electron chi connectivity index (χ0n) is 14.5. The molecule has 0 aliphatic rings. The van der Waals surface area contributed by atoms with Gasteiger partial charge in [-0.1, -0.05) is 11.8 Å². The molecule has 8 nitrogen and oxygen atoms in total. The summed E-state index contributed by atoms with van der Waals surface area (Å²) in [7, 11) is 1.30. The Bertz CT molecular complexity index is 791. The Morgan fingerprint density at radius 1 is 1.12 bits per heavy atom. The van der Waals surface area contributed by atoms with Crippen molar-refractivity contribution in [1.29, 1.82) is 0 Å². The van der Waals surface area contributed by atoms with Crippen LogP contribution < -0.4 is 16.1 Å². The molecule has 1 rings (SSSR count). The topological polar surface area (TPSA) is 128 Å². The molecule has 3 amide bonds. The van der Waals surface area contributed by atoms with Gasteiger partial charge in [-0.05, 0) is 50.0 Å². The zero-order chi connectivity index (χ0) is 19.7. The van der Waals surface area contributed by atoms with Crippen LogP contribution in [0.15, 0.2) is 24.3 Å². The maximum Gasteiger partial charge on any atom is 0.278 e. The number of carbonyl (C=O) groups excluding carboxylic acids is 3. The molecule has 5 N–H and O–H groups in total. The Labute approximate surface area is 150 Å². The van der Waals surface area contributed by atoms with E-state index in [1.807, 2.05) is 0 Å². The fraction of sp³-hybridized carbons (Fsp3) is 0.278. The average molecular weight is 357 g/mol. The number of nitrogens with one attached hydrogen (secondary N) is 3. The van der Waals surface area contributed by atoms with Crippen molar-refractivity contribution >= 4 is 17.7 Å². The second-order valence-electron chi connectivity index (χ2n) is 5.37. The van der Waals surface area contributed by atoms with Gasteiger partial charge in [-0.3, -0.25) is 19.6 Å². The molecular formula is C18H19N3O5. The maximum absolute atomic E-state index is 12.3. The first-order valence-corrected chi connectivity index (χ1v) is 7.53. The molecule has 2 unspecified atom stereocenters. The van der Waals surface area contributed by atoms with Crippen molar-refractivity contribution in [3.05, 3.63) is 35.4 Å². The van der Waals surface area contributed by atoms with Gasteiger partial charge in [0.05, 0.1) is 0 Å². The third kappa shape index (κ3) is 5.35. The molecule has 0 saturated heterocycles. The molecule has 1 aromatic rings. The van der Waals surface area contributed by atoms with E-state index in [1.165, 1.54) is 31.6 Å². The van der Waals surface area contributed by atoms with Crippen molar-refractivity contribution in [2.24, 2.45) is 0 Å². The number of hydrogen-bond donors (Lipinski definition) is 5. The van der Waals surface area contributed by atoms with Crippen LogP contribution in [0, 0.1) is 23.7 Å². The van der Waals surface area contributed by atoms with Crippen LogP contribution in [-0.4, -0.2) is 46.7 Å². The van der Waals surface area contributed by atoms with Crippen molar-refractivity contribution in [2.45, 2.75) is 25.5 Å². The summed E-state index contributed by atoms with van der Waals surface area (Å²) in [5.41, 5.74) is 0.143. The van der Waals surface area contributed by atoms with Crippen LogP contribution in [0.25, 0.3) is 0 Å². The molecule has 1 aromatic carbocycles. The number of benzene rings is 1. The normalized spacial score (nSPS) is 12.8. The van der Waals surface area contributed by atoms with E-state index in [1.54, 1.807) is 12.1 Å². The average Bonchev–Trinajstić information content (AvgIpc) is 2.63. The Balaban J connectivity index is 2.95. The number of carbonyl (C=O) groups is 3. The first-order valence-electron chi connectivity index (χ1n) is 7.53. The van der Waals surface area contributed by atoms with E-state index in [4.69, 9.17) is 10.3 Å². The Kier molecular flexibility index (Phi) is 7.35. The number of aliphatic hydroxyl groups is 1. The van der Waals surface area contributed by atoms with Gasteiger partial charge in [-0.2, -0.15) is 0 Å². The molecule has 8 heteroatoms. The van der Waals surface area contributed by atoms with Crippen LogP contribution in [0.5, 0.6) is 0 Å². The second kappa shape index (κ2) is 9.23. The predicted octanol–water partition coefficient (Wildman–Crippen LogP) is -0.838. The molecule has 136 valence electrons. The number of hydroxylamine groups is 1. The minimum atomic E-state index is -1.99. The Hall–Kier alpha value is -3.33. The smallest absolute Gasteiger partial charge is 0.278 e. The highest BCUT2D eigenvalue weighted by Crippen LogP contribution is 2.09. The summed E-state index contributed by atoms with van der Waals surface area (Å²) in [5, 5.41) is 22.3. The SMILES string of the molecule is CNC(=O)C(C)(NC(=O)c1ccc(C#CC#CC(C)O)cc1)C(=O)NO. The lowest BCUT2D eigenvalue weighted by Crippen LogP contribution is -2.64. The molecule has 0 spiro atoms. The molecule has 0 fully saturated rings. The van der Waals surface area contributed by atoms with Crippen LogP contribution in [0.1, 0.15) is 29.8 Å². The number of aliphatic hydroxyl groups excluding tert-OH is 1. The monoisotopic (exact) mass is 357 g/mol. The fourth-order valence-corrected chi connectivity index (χ4v) is 1.83. The first kappa shape index (κ1) is 20.7. The third-order valence-corrected chi connectivity index (χ3v) is 3.30. The van der Waals surface area contributed by atoms with Crippen LogP contribution in [0.3, 0.4) is 0 Å². The maximum atomic E-state index is 12.3. The first-order chi connectivity index (χ1) is 12.2. The fourth-order valence-electron chi connectivity index (χ4n) is 1.83. The van der Waals surface area contributed by atoms with Gasteiger partial charge in [0.2, 0.25) is 0 Å². The molecule has 0 radical (unpaired) electrons. The van der Waals surface area contributed by atoms with Crippen molar-refractivity contribution in [3.63, 3.8) is 0 Å². The highest BCUT2D eigenvalue weighted by atomic mass is 16.5. The zero-order valence-corrected chi connectivity index (χ0v) is 14.5.